The number of rotatable bonds is 9. The molecule has 0 amide bonds. The Morgan fingerprint density at radius 1 is 1.26 bits per heavy atom. The molecule has 0 aliphatic rings. The SMILES string of the molecule is C=CC(=C)C(CCC/C=C/C(=O)OC)OC(=O)c1ccccc1. The first-order valence-electron chi connectivity index (χ1n) is 7.40. The van der Waals surface area contributed by atoms with Crippen molar-refractivity contribution in [2.75, 3.05) is 7.11 Å². The minimum atomic E-state index is -0.424. The highest BCUT2D eigenvalue weighted by atomic mass is 16.5. The van der Waals surface area contributed by atoms with Crippen molar-refractivity contribution < 1.29 is 19.1 Å². The van der Waals surface area contributed by atoms with Gasteiger partial charge in [-0.15, -0.1) is 0 Å². The molecule has 1 unspecified atom stereocenters. The van der Waals surface area contributed by atoms with Gasteiger partial charge in [0.25, 0.3) is 0 Å². The summed E-state index contributed by atoms with van der Waals surface area (Å²) in [6, 6.07) is 8.81. The summed E-state index contributed by atoms with van der Waals surface area (Å²) in [5, 5.41) is 0. The van der Waals surface area contributed by atoms with E-state index in [2.05, 4.69) is 17.9 Å². The minimum absolute atomic E-state index is 0.382. The third kappa shape index (κ3) is 6.78. The van der Waals surface area contributed by atoms with E-state index < -0.39 is 6.10 Å². The molecular formula is C19H22O4. The molecule has 1 rings (SSSR count). The van der Waals surface area contributed by atoms with Crippen LogP contribution in [0.5, 0.6) is 0 Å². The number of hydrogen-bond donors (Lipinski definition) is 0. The van der Waals surface area contributed by atoms with Gasteiger partial charge >= 0.3 is 11.9 Å². The topological polar surface area (TPSA) is 52.6 Å². The average Bonchev–Trinajstić information content (AvgIpc) is 2.59. The second kappa shape index (κ2) is 10.2. The Hall–Kier alpha value is -2.62. The smallest absolute Gasteiger partial charge is 0.338 e. The van der Waals surface area contributed by atoms with Crippen molar-refractivity contribution in [3.05, 3.63) is 72.9 Å². The number of ether oxygens (including phenoxy) is 2. The van der Waals surface area contributed by atoms with Gasteiger partial charge in [-0.3, -0.25) is 0 Å². The summed E-state index contributed by atoms with van der Waals surface area (Å²) in [6.07, 6.45) is 6.31. The molecule has 0 radical (unpaired) electrons. The van der Waals surface area contributed by atoms with Gasteiger partial charge in [-0.05, 0) is 37.0 Å². The molecule has 0 N–H and O–H groups in total. The number of carbonyl (C=O) groups excluding carboxylic acids is 2. The highest BCUT2D eigenvalue weighted by Crippen LogP contribution is 2.16. The number of methoxy groups -OCH3 is 1. The lowest BCUT2D eigenvalue weighted by Gasteiger charge is -2.18. The maximum absolute atomic E-state index is 12.1. The fourth-order valence-electron chi connectivity index (χ4n) is 1.89. The molecule has 0 bridgehead atoms. The van der Waals surface area contributed by atoms with Gasteiger partial charge in [0.15, 0.2) is 0 Å². The zero-order chi connectivity index (χ0) is 17.1. The second-order valence-electron chi connectivity index (χ2n) is 4.90. The Bertz CT molecular complexity index is 572. The Morgan fingerprint density at radius 3 is 2.57 bits per heavy atom. The van der Waals surface area contributed by atoms with E-state index in [0.717, 1.165) is 6.42 Å². The van der Waals surface area contributed by atoms with E-state index in [0.29, 0.717) is 24.0 Å². The van der Waals surface area contributed by atoms with Crippen molar-refractivity contribution in [2.45, 2.75) is 25.4 Å². The van der Waals surface area contributed by atoms with Crippen LogP contribution in [0.15, 0.2) is 67.3 Å². The Labute approximate surface area is 137 Å². The number of unbranched alkanes of at least 4 members (excludes halogenated alkanes) is 1. The van der Waals surface area contributed by atoms with Crippen molar-refractivity contribution in [3.8, 4) is 0 Å². The van der Waals surface area contributed by atoms with Crippen LogP contribution in [0.25, 0.3) is 0 Å². The largest absolute Gasteiger partial charge is 0.466 e. The fourth-order valence-corrected chi connectivity index (χ4v) is 1.89. The standard InChI is InChI=1S/C19H22O4/c1-4-15(2)17(13-9-6-10-14-18(20)22-3)23-19(21)16-11-7-5-8-12-16/h4-5,7-8,10-12,14,17H,1-2,6,9,13H2,3H3/b14-10+. The first kappa shape index (κ1) is 18.4. The van der Waals surface area contributed by atoms with E-state index in [1.807, 2.05) is 6.07 Å². The van der Waals surface area contributed by atoms with Crippen LogP contribution in [0.4, 0.5) is 0 Å². The van der Waals surface area contributed by atoms with E-state index in [1.165, 1.54) is 13.2 Å². The molecule has 1 aromatic rings. The Morgan fingerprint density at radius 2 is 1.96 bits per heavy atom. The summed E-state index contributed by atoms with van der Waals surface area (Å²) >= 11 is 0. The number of hydrogen-bond acceptors (Lipinski definition) is 4. The third-order valence-electron chi connectivity index (χ3n) is 3.23. The van der Waals surface area contributed by atoms with Gasteiger partial charge in [-0.2, -0.15) is 0 Å². The number of benzene rings is 1. The van der Waals surface area contributed by atoms with Gasteiger partial charge in [0.1, 0.15) is 6.10 Å². The molecule has 0 aliphatic carbocycles. The van der Waals surface area contributed by atoms with E-state index in [1.54, 1.807) is 36.4 Å². The molecule has 0 aliphatic heterocycles. The zero-order valence-corrected chi connectivity index (χ0v) is 13.4. The van der Waals surface area contributed by atoms with Crippen LogP contribution in [0, 0.1) is 0 Å². The van der Waals surface area contributed by atoms with Gasteiger partial charge in [0.2, 0.25) is 0 Å². The molecule has 0 aromatic heterocycles. The molecule has 0 saturated carbocycles. The van der Waals surface area contributed by atoms with Crippen LogP contribution in [-0.4, -0.2) is 25.2 Å². The highest BCUT2D eigenvalue weighted by Gasteiger charge is 2.16. The third-order valence-corrected chi connectivity index (χ3v) is 3.23. The maximum Gasteiger partial charge on any atom is 0.338 e. The van der Waals surface area contributed by atoms with Gasteiger partial charge in [0, 0.05) is 6.08 Å². The lowest BCUT2D eigenvalue weighted by molar-refractivity contribution is -0.134. The first-order valence-corrected chi connectivity index (χ1v) is 7.40. The summed E-state index contributed by atoms with van der Waals surface area (Å²) < 4.78 is 10.0. The zero-order valence-electron chi connectivity index (χ0n) is 13.4. The predicted octanol–water partition coefficient (Wildman–Crippen LogP) is 3.85. The molecule has 23 heavy (non-hydrogen) atoms. The monoisotopic (exact) mass is 314 g/mol. The van der Waals surface area contributed by atoms with Gasteiger partial charge in [0.05, 0.1) is 12.7 Å². The molecule has 0 saturated heterocycles. The quantitative estimate of drug-likeness (QED) is 0.301. The van der Waals surface area contributed by atoms with Gasteiger partial charge in [-0.25, -0.2) is 9.59 Å². The van der Waals surface area contributed by atoms with Gasteiger partial charge < -0.3 is 9.47 Å². The first-order chi connectivity index (χ1) is 11.1. The second-order valence-corrected chi connectivity index (χ2v) is 4.90. The molecule has 1 aromatic carbocycles. The summed E-state index contributed by atoms with van der Waals surface area (Å²) in [4.78, 5) is 23.1. The molecule has 4 nitrogen and oxygen atoms in total. The maximum atomic E-state index is 12.1. The molecule has 1 atom stereocenters. The molecule has 4 heteroatoms. The molecular weight excluding hydrogens is 292 g/mol. The van der Waals surface area contributed by atoms with E-state index in [-0.39, 0.29) is 11.9 Å². The van der Waals surface area contributed by atoms with Crippen LogP contribution in [-0.2, 0) is 14.3 Å². The van der Waals surface area contributed by atoms with Crippen LogP contribution in [0.2, 0.25) is 0 Å². The normalized spacial score (nSPS) is 11.7. The van der Waals surface area contributed by atoms with E-state index >= 15 is 0 Å². The summed E-state index contributed by atoms with van der Waals surface area (Å²) in [7, 11) is 1.33. The Kier molecular flexibility index (Phi) is 8.14. The van der Waals surface area contributed by atoms with E-state index in [9.17, 15) is 9.59 Å². The van der Waals surface area contributed by atoms with Crippen molar-refractivity contribution >= 4 is 11.9 Å². The molecule has 0 spiro atoms. The van der Waals surface area contributed by atoms with E-state index in [4.69, 9.17) is 4.74 Å². The van der Waals surface area contributed by atoms with Gasteiger partial charge in [-0.1, -0.05) is 43.5 Å². The van der Waals surface area contributed by atoms with Crippen LogP contribution in [0.3, 0.4) is 0 Å². The summed E-state index contributed by atoms with van der Waals surface area (Å²) in [6.45, 7) is 7.55. The Balaban J connectivity index is 2.55. The molecule has 0 fully saturated rings. The number of carbonyl (C=O) groups is 2. The average molecular weight is 314 g/mol. The summed E-state index contributed by atoms with van der Waals surface area (Å²) in [5.41, 5.74) is 1.16. The predicted molar refractivity (Wildman–Crippen MR) is 90.0 cm³/mol. The minimum Gasteiger partial charge on any atom is -0.466 e. The van der Waals surface area contributed by atoms with Crippen LogP contribution in [0.1, 0.15) is 29.6 Å². The van der Waals surface area contributed by atoms with Crippen molar-refractivity contribution in [1.82, 2.24) is 0 Å². The van der Waals surface area contributed by atoms with Crippen LogP contribution >= 0.6 is 0 Å². The van der Waals surface area contributed by atoms with Crippen molar-refractivity contribution in [2.24, 2.45) is 0 Å². The molecule has 0 heterocycles. The molecule has 122 valence electrons. The van der Waals surface area contributed by atoms with Crippen LogP contribution < -0.4 is 0 Å². The lowest BCUT2D eigenvalue weighted by Crippen LogP contribution is -2.19. The van der Waals surface area contributed by atoms with Crippen molar-refractivity contribution in [1.29, 1.82) is 0 Å². The highest BCUT2D eigenvalue weighted by molar-refractivity contribution is 5.89. The lowest BCUT2D eigenvalue weighted by atomic mass is 10.0. The number of esters is 2. The number of allylic oxidation sites excluding steroid dienone is 1. The summed E-state index contributed by atoms with van der Waals surface area (Å²) in [5.74, 6) is -0.767. The fraction of sp³-hybridized carbons (Fsp3) is 0.263. The van der Waals surface area contributed by atoms with Crippen molar-refractivity contribution in [3.63, 3.8) is 0 Å².